The smallest absolute Gasteiger partial charge is 0.337 e. The molecule has 1 saturated heterocycles. The van der Waals surface area contributed by atoms with Crippen LogP contribution in [0, 0.1) is 0 Å². The number of carboxylic acids is 1. The second-order valence-corrected chi connectivity index (χ2v) is 12.8. The average Bonchev–Trinajstić information content (AvgIpc) is 3.58. The van der Waals surface area contributed by atoms with Crippen molar-refractivity contribution in [1.29, 1.82) is 0 Å². The van der Waals surface area contributed by atoms with Crippen LogP contribution in [-0.4, -0.2) is 82.2 Å². The number of carbonyl (C=O) groups is 2. The Morgan fingerprint density at radius 3 is 1.63 bits per heavy atom. The Morgan fingerprint density at radius 2 is 1.13 bits per heavy atom. The van der Waals surface area contributed by atoms with Crippen LogP contribution in [0.15, 0.2) is 97.1 Å². The zero-order valence-electron chi connectivity index (χ0n) is 28.8. The number of aromatic carboxylic acids is 1. The summed E-state index contributed by atoms with van der Waals surface area (Å²) >= 11 is 0. The quantitative estimate of drug-likeness (QED) is 0.143. The van der Waals surface area contributed by atoms with Gasteiger partial charge in [0.25, 0.3) is 5.91 Å². The van der Waals surface area contributed by atoms with E-state index in [1.54, 1.807) is 26.4 Å². The summed E-state index contributed by atoms with van der Waals surface area (Å²) in [7, 11) is 5.35. The van der Waals surface area contributed by atoms with Crippen molar-refractivity contribution < 1.29 is 24.2 Å². The Balaban J connectivity index is 0.000000153. The minimum Gasteiger partial charge on any atom is -0.496 e. The standard InChI is InChI=1S/C23H22N4O2.C18H12N2O3/c1-27-12-11-14(13-27)24-23(28)17-6-3-7-18-22(17)26-21-16-5-4-8-20(29-2)15(16)9-10-19(21)25-18;1-23-15-7-3-4-11-10(15)8-9-14-16(11)20-17-12(18(21)22)5-2-6-13(17)19-14/h3-10,14H,11-13H2,1-2H3,(H,24,28);2-9H,1H3,(H,21,22)/t14-;/m1./s1. The fraction of sp³-hybridized carbons (Fsp3) is 0.171. The first kappa shape index (κ1) is 32.7. The first-order chi connectivity index (χ1) is 25.3. The van der Waals surface area contributed by atoms with Gasteiger partial charge in [0.2, 0.25) is 0 Å². The predicted octanol–water partition coefficient (Wildman–Crippen LogP) is 7.02. The molecule has 0 bridgehead atoms. The Hall–Kier alpha value is -6.46. The number of likely N-dealkylation sites (tertiary alicyclic amines) is 1. The topological polar surface area (TPSA) is 140 Å². The van der Waals surface area contributed by atoms with Crippen molar-refractivity contribution in [1.82, 2.24) is 30.2 Å². The summed E-state index contributed by atoms with van der Waals surface area (Å²) in [5.41, 5.74) is 5.98. The van der Waals surface area contributed by atoms with Crippen molar-refractivity contribution in [2.75, 3.05) is 34.4 Å². The fourth-order valence-corrected chi connectivity index (χ4v) is 7.01. The highest BCUT2D eigenvalue weighted by molar-refractivity contribution is 6.12. The number of nitrogens with zero attached hydrogens (tertiary/aromatic N) is 5. The minimum absolute atomic E-state index is 0.0950. The number of benzene rings is 6. The number of hydrogen-bond donors (Lipinski definition) is 2. The number of methoxy groups -OCH3 is 2. The molecule has 1 aliphatic rings. The summed E-state index contributed by atoms with van der Waals surface area (Å²) in [6.45, 7) is 1.87. The van der Waals surface area contributed by atoms with E-state index in [0.29, 0.717) is 27.6 Å². The lowest BCUT2D eigenvalue weighted by Crippen LogP contribution is -2.36. The Labute approximate surface area is 297 Å². The maximum absolute atomic E-state index is 13.0. The van der Waals surface area contributed by atoms with E-state index in [1.165, 1.54) is 6.07 Å². The lowest BCUT2D eigenvalue weighted by atomic mass is 10.1. The molecule has 0 aliphatic carbocycles. The molecule has 1 amide bonds. The number of para-hydroxylation sites is 2. The summed E-state index contributed by atoms with van der Waals surface area (Å²) in [5.74, 6) is 0.435. The maximum atomic E-state index is 13.0. The van der Waals surface area contributed by atoms with E-state index in [0.717, 1.165) is 74.6 Å². The largest absolute Gasteiger partial charge is 0.496 e. The van der Waals surface area contributed by atoms with Crippen LogP contribution in [-0.2, 0) is 0 Å². The van der Waals surface area contributed by atoms with Gasteiger partial charge < -0.3 is 24.8 Å². The molecular formula is C41H34N6O5. The van der Waals surface area contributed by atoms with Crippen LogP contribution in [0.2, 0.25) is 0 Å². The number of likely N-dealkylation sites (N-methyl/N-ethyl adjacent to an activating group) is 1. The number of carboxylic acid groups (broad SMARTS) is 1. The van der Waals surface area contributed by atoms with Crippen LogP contribution < -0.4 is 14.8 Å². The van der Waals surface area contributed by atoms with Gasteiger partial charge in [0, 0.05) is 34.1 Å². The molecule has 0 unspecified atom stereocenters. The van der Waals surface area contributed by atoms with Crippen molar-refractivity contribution in [3.8, 4) is 11.5 Å². The maximum Gasteiger partial charge on any atom is 0.337 e. The molecule has 0 spiro atoms. The molecule has 0 saturated carbocycles. The van der Waals surface area contributed by atoms with Crippen molar-refractivity contribution in [2.45, 2.75) is 12.5 Å². The third-order valence-corrected chi connectivity index (χ3v) is 9.54. The van der Waals surface area contributed by atoms with E-state index in [1.807, 2.05) is 78.9 Å². The zero-order valence-corrected chi connectivity index (χ0v) is 28.8. The van der Waals surface area contributed by atoms with Gasteiger partial charge in [-0.15, -0.1) is 0 Å². The molecular weight excluding hydrogens is 656 g/mol. The van der Waals surface area contributed by atoms with Crippen molar-refractivity contribution >= 4 is 77.6 Å². The fourth-order valence-electron chi connectivity index (χ4n) is 7.01. The van der Waals surface area contributed by atoms with E-state index in [2.05, 4.69) is 27.2 Å². The van der Waals surface area contributed by atoms with Gasteiger partial charge in [0.15, 0.2) is 0 Å². The molecule has 52 heavy (non-hydrogen) atoms. The second kappa shape index (κ2) is 13.3. The predicted molar refractivity (Wildman–Crippen MR) is 203 cm³/mol. The van der Waals surface area contributed by atoms with Crippen LogP contribution in [0.4, 0.5) is 0 Å². The first-order valence-corrected chi connectivity index (χ1v) is 16.9. The van der Waals surface area contributed by atoms with Gasteiger partial charge in [-0.05, 0) is 80.7 Å². The highest BCUT2D eigenvalue weighted by atomic mass is 16.5. The SMILES string of the molecule is COc1cccc2c1ccc1nc3cccc(C(=O)N[C@@H]4CCN(C)C4)c3nc12.COc1cccc2c1ccc1nc3cccc(C(=O)O)c3nc12. The molecule has 258 valence electrons. The van der Waals surface area contributed by atoms with E-state index in [4.69, 9.17) is 19.4 Å². The summed E-state index contributed by atoms with van der Waals surface area (Å²) in [6.07, 6.45) is 0.964. The Bertz CT molecular complexity index is 2720. The molecule has 9 rings (SSSR count). The highest BCUT2D eigenvalue weighted by Crippen LogP contribution is 2.33. The Kier molecular flexibility index (Phi) is 8.40. The van der Waals surface area contributed by atoms with Gasteiger partial charge in [-0.2, -0.15) is 0 Å². The van der Waals surface area contributed by atoms with Gasteiger partial charge in [-0.1, -0.05) is 36.4 Å². The molecule has 11 nitrogen and oxygen atoms in total. The van der Waals surface area contributed by atoms with Crippen LogP contribution in [0.5, 0.6) is 11.5 Å². The number of nitrogens with one attached hydrogen (secondary N) is 1. The molecule has 1 aliphatic heterocycles. The number of aromatic nitrogens is 4. The van der Waals surface area contributed by atoms with E-state index < -0.39 is 5.97 Å². The minimum atomic E-state index is -1.01. The third kappa shape index (κ3) is 5.80. The molecule has 11 heteroatoms. The number of fused-ring (bicyclic) bond motifs is 8. The molecule has 2 N–H and O–H groups in total. The number of hydrogen-bond acceptors (Lipinski definition) is 9. The number of carbonyl (C=O) groups excluding carboxylic acids is 1. The molecule has 3 heterocycles. The first-order valence-electron chi connectivity index (χ1n) is 16.9. The third-order valence-electron chi connectivity index (χ3n) is 9.54. The number of amides is 1. The normalized spacial score (nSPS) is 14.6. The molecule has 2 aromatic heterocycles. The van der Waals surface area contributed by atoms with Crippen molar-refractivity contribution in [3.05, 3.63) is 108 Å². The molecule has 6 aromatic carbocycles. The molecule has 1 atom stereocenters. The van der Waals surface area contributed by atoms with E-state index in [-0.39, 0.29) is 17.5 Å². The van der Waals surface area contributed by atoms with Crippen LogP contribution in [0.3, 0.4) is 0 Å². The highest BCUT2D eigenvalue weighted by Gasteiger charge is 2.23. The van der Waals surface area contributed by atoms with E-state index in [9.17, 15) is 14.7 Å². The molecule has 0 radical (unpaired) electrons. The van der Waals surface area contributed by atoms with Gasteiger partial charge in [-0.3, -0.25) is 4.79 Å². The summed E-state index contributed by atoms with van der Waals surface area (Å²) in [5, 5.41) is 16.3. The summed E-state index contributed by atoms with van der Waals surface area (Å²) in [4.78, 5) is 45.5. The van der Waals surface area contributed by atoms with Gasteiger partial charge in [0.05, 0.1) is 58.4 Å². The van der Waals surface area contributed by atoms with Crippen LogP contribution in [0.1, 0.15) is 27.1 Å². The summed E-state index contributed by atoms with van der Waals surface area (Å²) in [6, 6.07) is 30.1. The van der Waals surface area contributed by atoms with E-state index >= 15 is 0 Å². The van der Waals surface area contributed by atoms with Gasteiger partial charge in [0.1, 0.15) is 22.5 Å². The van der Waals surface area contributed by atoms with Crippen LogP contribution in [0.25, 0.3) is 65.7 Å². The Morgan fingerprint density at radius 1 is 0.635 bits per heavy atom. The average molecular weight is 691 g/mol. The monoisotopic (exact) mass is 690 g/mol. The number of ether oxygens (including phenoxy) is 2. The van der Waals surface area contributed by atoms with Crippen molar-refractivity contribution in [2.24, 2.45) is 0 Å². The van der Waals surface area contributed by atoms with Crippen molar-refractivity contribution in [3.63, 3.8) is 0 Å². The van der Waals surface area contributed by atoms with Gasteiger partial charge >= 0.3 is 5.97 Å². The number of rotatable bonds is 5. The zero-order chi connectivity index (χ0) is 35.9. The summed E-state index contributed by atoms with van der Waals surface area (Å²) < 4.78 is 10.9. The lowest BCUT2D eigenvalue weighted by molar-refractivity contribution is 0.0698. The van der Waals surface area contributed by atoms with Gasteiger partial charge in [-0.25, -0.2) is 24.7 Å². The molecule has 8 aromatic rings. The van der Waals surface area contributed by atoms with Crippen LogP contribution >= 0.6 is 0 Å². The second-order valence-electron chi connectivity index (χ2n) is 12.8. The molecule has 1 fully saturated rings. The lowest BCUT2D eigenvalue weighted by Gasteiger charge is -2.14.